The fourth-order valence-electron chi connectivity index (χ4n) is 4.68. The highest BCUT2D eigenvalue weighted by molar-refractivity contribution is 6.02. The number of hydrogen-bond donors (Lipinski definition) is 1. The van der Waals surface area contributed by atoms with Gasteiger partial charge in [0, 0.05) is 61.6 Å². The van der Waals surface area contributed by atoms with E-state index in [0.29, 0.717) is 29.8 Å². The summed E-state index contributed by atoms with van der Waals surface area (Å²) in [4.78, 5) is 41.3. The van der Waals surface area contributed by atoms with Crippen molar-refractivity contribution < 1.29 is 14.4 Å². The van der Waals surface area contributed by atoms with Gasteiger partial charge >= 0.3 is 0 Å². The van der Waals surface area contributed by atoms with Crippen molar-refractivity contribution in [2.45, 2.75) is 5.92 Å². The molecule has 0 saturated carbocycles. The lowest BCUT2D eigenvalue weighted by Crippen LogP contribution is -2.48. The largest absolute Gasteiger partial charge is 0.345 e. The number of amides is 1. The maximum atomic E-state index is 13.6. The molecule has 168 valence electrons. The summed E-state index contributed by atoms with van der Waals surface area (Å²) in [6.45, 7) is 0.950. The molecule has 5 heteroatoms. The van der Waals surface area contributed by atoms with E-state index in [1.165, 1.54) is 4.90 Å². The van der Waals surface area contributed by atoms with Gasteiger partial charge in [-0.3, -0.25) is 14.4 Å². The molecule has 5 nitrogen and oxygen atoms in total. The van der Waals surface area contributed by atoms with Gasteiger partial charge in [-0.05, 0) is 17.7 Å². The molecule has 0 aromatic heterocycles. The van der Waals surface area contributed by atoms with Gasteiger partial charge in [-0.1, -0.05) is 72.8 Å². The van der Waals surface area contributed by atoms with Gasteiger partial charge in [0.1, 0.15) is 0 Å². The van der Waals surface area contributed by atoms with Crippen LogP contribution in [0.15, 0.2) is 84.9 Å². The van der Waals surface area contributed by atoms with Crippen LogP contribution in [-0.4, -0.2) is 49.6 Å². The summed E-state index contributed by atoms with van der Waals surface area (Å²) >= 11 is 0. The molecule has 1 saturated heterocycles. The monoisotopic (exact) mass is 440 g/mol. The van der Waals surface area contributed by atoms with E-state index >= 15 is 0 Å². The Morgan fingerprint density at radius 1 is 0.697 bits per heavy atom. The average molecular weight is 441 g/mol. The van der Waals surface area contributed by atoms with Gasteiger partial charge in [-0.25, -0.2) is 0 Å². The van der Waals surface area contributed by atoms with Gasteiger partial charge in [0.05, 0.1) is 0 Å². The molecule has 3 atom stereocenters. The molecule has 1 fully saturated rings. The molecule has 1 N–H and O–H groups in total. The SMILES string of the molecule is CN(C)C(=O)c1cccc(C2[C@@H](C(=O)c3ccccc3)CNC[C@H]2C(=O)c2ccccc2)c1. The number of hydrogen-bond acceptors (Lipinski definition) is 4. The lowest BCUT2D eigenvalue weighted by molar-refractivity contribution is 0.0768. The van der Waals surface area contributed by atoms with Crippen LogP contribution in [0, 0.1) is 11.8 Å². The van der Waals surface area contributed by atoms with Crippen molar-refractivity contribution >= 4 is 17.5 Å². The van der Waals surface area contributed by atoms with Crippen LogP contribution in [0.1, 0.15) is 42.6 Å². The van der Waals surface area contributed by atoms with Crippen molar-refractivity contribution in [1.29, 1.82) is 0 Å². The second-order valence-electron chi connectivity index (χ2n) is 8.68. The summed E-state index contributed by atoms with van der Waals surface area (Å²) in [5.74, 6) is -1.30. The number of nitrogens with one attached hydrogen (secondary N) is 1. The zero-order valence-electron chi connectivity index (χ0n) is 18.9. The molecule has 0 radical (unpaired) electrons. The molecule has 0 bridgehead atoms. The molecule has 3 aromatic carbocycles. The summed E-state index contributed by atoms with van der Waals surface area (Å²) in [5.41, 5.74) is 2.64. The first-order valence-corrected chi connectivity index (χ1v) is 11.2. The summed E-state index contributed by atoms with van der Waals surface area (Å²) in [6.07, 6.45) is 0. The Kier molecular flexibility index (Phi) is 6.80. The zero-order valence-corrected chi connectivity index (χ0v) is 18.9. The second-order valence-corrected chi connectivity index (χ2v) is 8.68. The van der Waals surface area contributed by atoms with Crippen molar-refractivity contribution in [1.82, 2.24) is 10.2 Å². The van der Waals surface area contributed by atoms with Crippen LogP contribution in [0.25, 0.3) is 0 Å². The van der Waals surface area contributed by atoms with E-state index in [1.54, 1.807) is 20.2 Å². The third-order valence-corrected chi connectivity index (χ3v) is 6.31. The first-order chi connectivity index (χ1) is 16.0. The Bertz CT molecular complexity index is 1080. The minimum Gasteiger partial charge on any atom is -0.345 e. The molecule has 33 heavy (non-hydrogen) atoms. The molecule has 0 spiro atoms. The van der Waals surface area contributed by atoms with Crippen molar-refractivity contribution in [2.75, 3.05) is 27.2 Å². The molecule has 0 aliphatic carbocycles. The van der Waals surface area contributed by atoms with E-state index < -0.39 is 11.8 Å². The first-order valence-electron chi connectivity index (χ1n) is 11.2. The predicted molar refractivity (Wildman–Crippen MR) is 129 cm³/mol. The number of carbonyl (C=O) groups excluding carboxylic acids is 3. The second kappa shape index (κ2) is 9.92. The lowest BCUT2D eigenvalue weighted by atomic mass is 9.69. The third-order valence-electron chi connectivity index (χ3n) is 6.31. The first kappa shape index (κ1) is 22.6. The number of nitrogens with zero attached hydrogens (tertiary/aromatic N) is 1. The Balaban J connectivity index is 1.79. The van der Waals surface area contributed by atoms with Gasteiger partial charge in [0.2, 0.25) is 0 Å². The predicted octanol–water partition coefficient (Wildman–Crippen LogP) is 4.07. The Morgan fingerprint density at radius 3 is 1.67 bits per heavy atom. The van der Waals surface area contributed by atoms with Crippen LogP contribution < -0.4 is 5.32 Å². The molecule has 4 rings (SSSR count). The Labute approximate surface area is 194 Å². The van der Waals surface area contributed by atoms with E-state index in [0.717, 1.165) is 5.56 Å². The topological polar surface area (TPSA) is 66.5 Å². The van der Waals surface area contributed by atoms with Crippen LogP contribution >= 0.6 is 0 Å². The summed E-state index contributed by atoms with van der Waals surface area (Å²) in [7, 11) is 3.42. The highest BCUT2D eigenvalue weighted by Crippen LogP contribution is 2.38. The van der Waals surface area contributed by atoms with Crippen LogP contribution in [0.4, 0.5) is 0 Å². The molecule has 1 unspecified atom stereocenters. The van der Waals surface area contributed by atoms with E-state index in [-0.39, 0.29) is 23.4 Å². The van der Waals surface area contributed by atoms with Crippen LogP contribution in [0.5, 0.6) is 0 Å². The molecular formula is C28H28N2O3. The fraction of sp³-hybridized carbons (Fsp3) is 0.250. The maximum Gasteiger partial charge on any atom is 0.253 e. The van der Waals surface area contributed by atoms with Crippen molar-refractivity contribution in [3.63, 3.8) is 0 Å². The number of benzene rings is 3. The summed E-state index contributed by atoms with van der Waals surface area (Å²) in [6, 6.07) is 25.8. The minimum atomic E-state index is -0.427. The molecule has 1 aliphatic heterocycles. The zero-order chi connectivity index (χ0) is 23.4. The molecule has 1 aliphatic rings. The van der Waals surface area contributed by atoms with Crippen LogP contribution in [-0.2, 0) is 0 Å². The summed E-state index contributed by atoms with van der Waals surface area (Å²) < 4.78 is 0. The number of ketones is 2. The normalized spacial score (nSPS) is 20.1. The van der Waals surface area contributed by atoms with Gasteiger partial charge in [0.25, 0.3) is 5.91 Å². The quantitative estimate of drug-likeness (QED) is 0.587. The third kappa shape index (κ3) is 4.78. The van der Waals surface area contributed by atoms with Gasteiger partial charge in [-0.2, -0.15) is 0 Å². The Morgan fingerprint density at radius 2 is 1.18 bits per heavy atom. The average Bonchev–Trinajstić information content (AvgIpc) is 2.88. The number of piperidine rings is 1. The van der Waals surface area contributed by atoms with E-state index in [1.807, 2.05) is 78.9 Å². The molecule has 1 amide bonds. The number of carbonyl (C=O) groups is 3. The van der Waals surface area contributed by atoms with Crippen LogP contribution in [0.2, 0.25) is 0 Å². The van der Waals surface area contributed by atoms with Gasteiger partial charge in [-0.15, -0.1) is 0 Å². The van der Waals surface area contributed by atoms with E-state index in [2.05, 4.69) is 5.32 Å². The minimum absolute atomic E-state index is 0.00278. The molecule has 1 heterocycles. The van der Waals surface area contributed by atoms with Gasteiger partial charge in [0.15, 0.2) is 11.6 Å². The molecular weight excluding hydrogens is 412 g/mol. The number of Topliss-reactive ketones (excluding diaryl/α,β-unsaturated/α-hetero) is 2. The maximum absolute atomic E-state index is 13.6. The van der Waals surface area contributed by atoms with E-state index in [4.69, 9.17) is 0 Å². The van der Waals surface area contributed by atoms with Gasteiger partial charge < -0.3 is 10.2 Å². The highest BCUT2D eigenvalue weighted by Gasteiger charge is 2.42. The Hall–Kier alpha value is -3.57. The van der Waals surface area contributed by atoms with Crippen molar-refractivity contribution in [2.24, 2.45) is 11.8 Å². The molecule has 3 aromatic rings. The fourth-order valence-corrected chi connectivity index (χ4v) is 4.68. The van der Waals surface area contributed by atoms with Crippen molar-refractivity contribution in [3.05, 3.63) is 107 Å². The highest BCUT2D eigenvalue weighted by atomic mass is 16.2. The van der Waals surface area contributed by atoms with Crippen LogP contribution in [0.3, 0.4) is 0 Å². The lowest BCUT2D eigenvalue weighted by Gasteiger charge is -2.38. The standard InChI is InChI=1S/C28H28N2O3/c1-30(2)28(33)22-15-9-14-21(16-22)25-23(26(31)19-10-5-3-6-11-19)17-29-18-24(25)27(32)20-12-7-4-8-13-20/h3-16,23-25,29H,17-18H2,1-2H3/t23-,24+,25?. The number of rotatable bonds is 6. The van der Waals surface area contributed by atoms with E-state index in [9.17, 15) is 14.4 Å². The summed E-state index contributed by atoms with van der Waals surface area (Å²) in [5, 5.41) is 3.32. The smallest absolute Gasteiger partial charge is 0.253 e. The van der Waals surface area contributed by atoms with Crippen molar-refractivity contribution in [3.8, 4) is 0 Å².